The first-order valence-electron chi connectivity index (χ1n) is 5.36. The minimum atomic E-state index is -0.827. The molecule has 4 nitrogen and oxygen atoms in total. The molecule has 0 aliphatic heterocycles. The van der Waals surface area contributed by atoms with E-state index in [2.05, 4.69) is 25.7 Å². The summed E-state index contributed by atoms with van der Waals surface area (Å²) in [4.78, 5) is 12.5. The number of carboxylic acid groups (broad SMARTS) is 1. The van der Waals surface area contributed by atoms with E-state index >= 15 is 0 Å². The van der Waals surface area contributed by atoms with Crippen LogP contribution in [0.3, 0.4) is 0 Å². The van der Waals surface area contributed by atoms with Crippen molar-refractivity contribution in [2.24, 2.45) is 11.1 Å². The topological polar surface area (TPSA) is 66.6 Å². The fourth-order valence-corrected chi connectivity index (χ4v) is 1.31. The Hall–Kier alpha value is -0.610. The lowest BCUT2D eigenvalue weighted by Crippen LogP contribution is -2.38. The second-order valence-electron chi connectivity index (χ2n) is 5.43. The summed E-state index contributed by atoms with van der Waals surface area (Å²) in [5.41, 5.74) is 6.00. The van der Waals surface area contributed by atoms with Crippen LogP contribution in [-0.2, 0) is 4.79 Å². The van der Waals surface area contributed by atoms with Crippen LogP contribution in [0.2, 0.25) is 0 Å². The molecular weight excluding hydrogens is 192 g/mol. The highest BCUT2D eigenvalue weighted by atomic mass is 16.4. The van der Waals surface area contributed by atoms with Crippen molar-refractivity contribution in [3.63, 3.8) is 0 Å². The van der Waals surface area contributed by atoms with Gasteiger partial charge in [0, 0.05) is 12.6 Å². The second kappa shape index (κ2) is 6.08. The third kappa shape index (κ3) is 9.69. The maximum absolute atomic E-state index is 10.4. The molecule has 1 unspecified atom stereocenters. The highest BCUT2D eigenvalue weighted by Crippen LogP contribution is 2.18. The van der Waals surface area contributed by atoms with Gasteiger partial charge in [0.15, 0.2) is 0 Å². The summed E-state index contributed by atoms with van der Waals surface area (Å²) in [6.45, 7) is 8.17. The summed E-state index contributed by atoms with van der Waals surface area (Å²) < 4.78 is 0. The number of nitrogens with two attached hydrogens (primary N) is 1. The Morgan fingerprint density at radius 1 is 1.47 bits per heavy atom. The zero-order valence-electron chi connectivity index (χ0n) is 10.3. The molecule has 0 aromatic carbocycles. The highest BCUT2D eigenvalue weighted by Gasteiger charge is 2.14. The van der Waals surface area contributed by atoms with Crippen molar-refractivity contribution in [3.05, 3.63) is 0 Å². The van der Waals surface area contributed by atoms with Crippen LogP contribution in [0.15, 0.2) is 0 Å². The van der Waals surface area contributed by atoms with Crippen LogP contribution in [0.4, 0.5) is 0 Å². The first-order chi connectivity index (χ1) is 6.70. The molecule has 0 aliphatic rings. The highest BCUT2D eigenvalue weighted by molar-refractivity contribution is 5.67. The van der Waals surface area contributed by atoms with Crippen LogP contribution >= 0.6 is 0 Å². The molecule has 1 atom stereocenters. The Morgan fingerprint density at radius 3 is 2.40 bits per heavy atom. The molecule has 15 heavy (non-hydrogen) atoms. The number of likely N-dealkylation sites (N-methyl/N-ethyl adjacent to an activating group) is 1. The minimum absolute atomic E-state index is 0.0415. The third-order valence-corrected chi connectivity index (χ3v) is 2.23. The van der Waals surface area contributed by atoms with Gasteiger partial charge in [0.25, 0.3) is 0 Å². The smallest absolute Gasteiger partial charge is 0.304 e. The van der Waals surface area contributed by atoms with Gasteiger partial charge in [-0.1, -0.05) is 20.8 Å². The van der Waals surface area contributed by atoms with Crippen LogP contribution in [0, 0.1) is 5.41 Å². The van der Waals surface area contributed by atoms with Gasteiger partial charge in [-0.3, -0.25) is 4.79 Å². The van der Waals surface area contributed by atoms with Crippen molar-refractivity contribution in [2.45, 2.75) is 39.7 Å². The predicted molar refractivity (Wildman–Crippen MR) is 61.8 cm³/mol. The summed E-state index contributed by atoms with van der Waals surface area (Å²) >= 11 is 0. The predicted octanol–water partition coefficient (Wildman–Crippen LogP) is 1.16. The molecule has 0 radical (unpaired) electrons. The van der Waals surface area contributed by atoms with E-state index in [9.17, 15) is 4.79 Å². The molecule has 0 fully saturated rings. The molecule has 0 saturated carbocycles. The number of hydrogen-bond donors (Lipinski definition) is 2. The van der Waals surface area contributed by atoms with Crippen molar-refractivity contribution in [1.29, 1.82) is 0 Å². The molecule has 0 spiro atoms. The van der Waals surface area contributed by atoms with Gasteiger partial charge in [-0.25, -0.2) is 0 Å². The van der Waals surface area contributed by atoms with Gasteiger partial charge >= 0.3 is 5.97 Å². The first kappa shape index (κ1) is 14.4. The molecular formula is C11H24N2O2. The fraction of sp³-hybridized carbons (Fsp3) is 0.909. The lowest BCUT2D eigenvalue weighted by molar-refractivity contribution is -0.137. The average Bonchev–Trinajstić information content (AvgIpc) is 1.97. The molecule has 0 bridgehead atoms. The van der Waals surface area contributed by atoms with E-state index < -0.39 is 5.97 Å². The maximum Gasteiger partial charge on any atom is 0.304 e. The number of nitrogens with zero attached hydrogens (tertiary/aromatic N) is 1. The van der Waals surface area contributed by atoms with Gasteiger partial charge in [0.05, 0.1) is 6.42 Å². The molecule has 4 heteroatoms. The van der Waals surface area contributed by atoms with Crippen LogP contribution in [-0.4, -0.2) is 42.2 Å². The molecule has 0 aromatic heterocycles. The van der Waals surface area contributed by atoms with E-state index in [0.29, 0.717) is 12.0 Å². The number of carboxylic acids is 1. The Bertz CT molecular complexity index is 199. The summed E-state index contributed by atoms with van der Waals surface area (Å²) in [5.74, 6) is -0.827. The van der Waals surface area contributed by atoms with Crippen molar-refractivity contribution < 1.29 is 9.90 Å². The van der Waals surface area contributed by atoms with Gasteiger partial charge < -0.3 is 15.7 Å². The number of aliphatic carboxylic acids is 1. The molecule has 0 aliphatic carbocycles. The van der Waals surface area contributed by atoms with Crippen molar-refractivity contribution in [3.8, 4) is 0 Å². The van der Waals surface area contributed by atoms with E-state index in [1.54, 1.807) is 0 Å². The number of carbonyl (C=O) groups is 1. The summed E-state index contributed by atoms with van der Waals surface area (Å²) in [6.07, 6.45) is 1.13. The lowest BCUT2D eigenvalue weighted by atomic mass is 9.92. The van der Waals surface area contributed by atoms with E-state index in [-0.39, 0.29) is 12.5 Å². The Labute approximate surface area is 92.4 Å². The second-order valence-corrected chi connectivity index (χ2v) is 5.43. The molecule has 90 valence electrons. The van der Waals surface area contributed by atoms with Crippen molar-refractivity contribution >= 4 is 5.97 Å². The molecule has 0 saturated heterocycles. The van der Waals surface area contributed by atoms with E-state index in [1.807, 2.05) is 7.05 Å². The van der Waals surface area contributed by atoms with Crippen LogP contribution in [0.1, 0.15) is 33.6 Å². The van der Waals surface area contributed by atoms with Crippen molar-refractivity contribution in [1.82, 2.24) is 4.90 Å². The Morgan fingerprint density at radius 2 is 2.00 bits per heavy atom. The Balaban J connectivity index is 3.73. The van der Waals surface area contributed by atoms with Gasteiger partial charge in [0.1, 0.15) is 0 Å². The van der Waals surface area contributed by atoms with Gasteiger partial charge in [0.2, 0.25) is 0 Å². The zero-order chi connectivity index (χ0) is 12.1. The summed E-state index contributed by atoms with van der Waals surface area (Å²) in [5, 5.41) is 8.56. The monoisotopic (exact) mass is 216 g/mol. The largest absolute Gasteiger partial charge is 0.481 e. The normalized spacial score (nSPS) is 14.3. The van der Waals surface area contributed by atoms with Crippen LogP contribution in [0.25, 0.3) is 0 Å². The molecule has 0 aromatic rings. The van der Waals surface area contributed by atoms with Crippen molar-refractivity contribution in [2.75, 3.05) is 20.1 Å². The average molecular weight is 216 g/mol. The number of hydrogen-bond acceptors (Lipinski definition) is 3. The van der Waals surface area contributed by atoms with E-state index in [4.69, 9.17) is 10.8 Å². The molecule has 0 amide bonds. The van der Waals surface area contributed by atoms with E-state index in [0.717, 1.165) is 13.0 Å². The van der Waals surface area contributed by atoms with E-state index in [1.165, 1.54) is 0 Å². The first-order valence-corrected chi connectivity index (χ1v) is 5.36. The van der Waals surface area contributed by atoms with Crippen LogP contribution < -0.4 is 5.73 Å². The van der Waals surface area contributed by atoms with Gasteiger partial charge in [-0.15, -0.1) is 0 Å². The standard InChI is InChI=1S/C11H24N2O2/c1-11(2,3)5-6-13(4)8-9(12)7-10(14)15/h9H,5-8,12H2,1-4H3,(H,14,15). The Kier molecular flexibility index (Phi) is 5.83. The number of rotatable bonds is 6. The summed E-state index contributed by atoms with van der Waals surface area (Å²) in [7, 11) is 1.98. The molecule has 0 heterocycles. The molecule has 0 rings (SSSR count). The van der Waals surface area contributed by atoms with Gasteiger partial charge in [-0.2, -0.15) is 0 Å². The maximum atomic E-state index is 10.4. The lowest BCUT2D eigenvalue weighted by Gasteiger charge is -2.25. The third-order valence-electron chi connectivity index (χ3n) is 2.23. The SMILES string of the molecule is CN(CCC(C)(C)C)CC(N)CC(=O)O. The quantitative estimate of drug-likeness (QED) is 0.699. The van der Waals surface area contributed by atoms with Gasteiger partial charge in [-0.05, 0) is 25.4 Å². The zero-order valence-corrected chi connectivity index (χ0v) is 10.3. The fourth-order valence-electron chi connectivity index (χ4n) is 1.31. The molecule has 3 N–H and O–H groups in total. The minimum Gasteiger partial charge on any atom is -0.481 e. The van der Waals surface area contributed by atoms with Crippen LogP contribution in [0.5, 0.6) is 0 Å². The summed E-state index contributed by atoms with van der Waals surface area (Å²) in [6, 6.07) is -0.271.